The van der Waals surface area contributed by atoms with Crippen LogP contribution in [0.5, 0.6) is 0 Å². The largest absolute Gasteiger partial charge is 0.399 e. The molecule has 0 bridgehead atoms. The van der Waals surface area contributed by atoms with E-state index in [4.69, 9.17) is 5.73 Å². The highest BCUT2D eigenvalue weighted by Gasteiger charge is 2.13. The van der Waals surface area contributed by atoms with E-state index in [9.17, 15) is 4.79 Å². The maximum Gasteiger partial charge on any atom is 0.275 e. The fourth-order valence-electron chi connectivity index (χ4n) is 1.92. The van der Waals surface area contributed by atoms with Crippen molar-refractivity contribution in [2.45, 2.75) is 13.8 Å². The van der Waals surface area contributed by atoms with Gasteiger partial charge in [0.2, 0.25) is 0 Å². The maximum atomic E-state index is 12.2. The summed E-state index contributed by atoms with van der Waals surface area (Å²) in [5.41, 5.74) is 9.44. The van der Waals surface area contributed by atoms with Gasteiger partial charge in [0.05, 0.1) is 0 Å². The van der Waals surface area contributed by atoms with Crippen molar-refractivity contribution in [2.24, 2.45) is 0 Å². The number of hydrogen-bond acceptors (Lipinski definition) is 3. The normalized spacial score (nSPS) is 10.3. The molecule has 98 valence electrons. The van der Waals surface area contributed by atoms with Gasteiger partial charge in [0.15, 0.2) is 0 Å². The second kappa shape index (κ2) is 5.40. The van der Waals surface area contributed by atoms with Crippen molar-refractivity contribution in [2.75, 3.05) is 11.1 Å². The molecule has 0 aliphatic rings. The van der Waals surface area contributed by atoms with Crippen LogP contribution in [-0.4, -0.2) is 10.9 Å². The Hall–Kier alpha value is -1.88. The molecule has 0 radical (unpaired) electrons. The summed E-state index contributed by atoms with van der Waals surface area (Å²) in [6.45, 7) is 3.82. The van der Waals surface area contributed by atoms with Crippen molar-refractivity contribution in [1.29, 1.82) is 0 Å². The SMILES string of the molecule is Cc1cc(N)cc(C)c1NC(=O)c1ncccc1Br. The number of carbonyl (C=O) groups is 1. The zero-order chi connectivity index (χ0) is 14.0. The van der Waals surface area contributed by atoms with Crippen molar-refractivity contribution in [3.05, 3.63) is 51.8 Å². The van der Waals surface area contributed by atoms with Crippen LogP contribution in [0.4, 0.5) is 11.4 Å². The summed E-state index contributed by atoms with van der Waals surface area (Å²) in [5, 5.41) is 2.88. The van der Waals surface area contributed by atoms with E-state index in [0.29, 0.717) is 15.9 Å². The second-order valence-corrected chi connectivity index (χ2v) is 5.17. The quantitative estimate of drug-likeness (QED) is 0.834. The van der Waals surface area contributed by atoms with Crippen molar-refractivity contribution in [1.82, 2.24) is 4.98 Å². The molecule has 0 aliphatic carbocycles. The predicted molar refractivity (Wildman–Crippen MR) is 80.2 cm³/mol. The van der Waals surface area contributed by atoms with Gasteiger partial charge in [-0.3, -0.25) is 4.79 Å². The summed E-state index contributed by atoms with van der Waals surface area (Å²) in [4.78, 5) is 16.3. The standard InChI is InChI=1S/C14H14BrN3O/c1-8-6-10(16)7-9(2)12(8)18-14(19)13-11(15)4-3-5-17-13/h3-7H,16H2,1-2H3,(H,18,19). The number of pyridine rings is 1. The van der Waals surface area contributed by atoms with E-state index in [2.05, 4.69) is 26.2 Å². The van der Waals surface area contributed by atoms with E-state index in [1.54, 1.807) is 18.3 Å². The Bertz CT molecular complexity index is 617. The summed E-state index contributed by atoms with van der Waals surface area (Å²) >= 11 is 3.32. The Morgan fingerprint density at radius 3 is 2.53 bits per heavy atom. The van der Waals surface area contributed by atoms with Crippen LogP contribution >= 0.6 is 15.9 Å². The van der Waals surface area contributed by atoms with Crippen molar-refractivity contribution in [3.8, 4) is 0 Å². The average Bonchev–Trinajstić information content (AvgIpc) is 2.34. The minimum Gasteiger partial charge on any atom is -0.399 e. The van der Waals surface area contributed by atoms with Gasteiger partial charge in [-0.25, -0.2) is 4.98 Å². The third kappa shape index (κ3) is 2.93. The molecule has 1 aromatic carbocycles. The van der Waals surface area contributed by atoms with E-state index in [1.807, 2.05) is 26.0 Å². The van der Waals surface area contributed by atoms with E-state index in [1.165, 1.54) is 0 Å². The van der Waals surface area contributed by atoms with Crippen molar-refractivity contribution < 1.29 is 4.79 Å². The fraction of sp³-hybridized carbons (Fsp3) is 0.143. The summed E-state index contributed by atoms with van der Waals surface area (Å²) in [7, 11) is 0. The number of nitrogens with two attached hydrogens (primary N) is 1. The Balaban J connectivity index is 2.32. The average molecular weight is 320 g/mol. The first kappa shape index (κ1) is 13.5. The molecule has 0 saturated carbocycles. The van der Waals surface area contributed by atoms with Gasteiger partial charge in [0.1, 0.15) is 5.69 Å². The van der Waals surface area contributed by atoms with E-state index in [0.717, 1.165) is 16.8 Å². The van der Waals surface area contributed by atoms with Crippen LogP contribution in [0.15, 0.2) is 34.9 Å². The summed E-state index contributed by atoms with van der Waals surface area (Å²) in [5.74, 6) is -0.247. The number of rotatable bonds is 2. The maximum absolute atomic E-state index is 12.2. The van der Waals surface area contributed by atoms with Gasteiger partial charge in [0.25, 0.3) is 5.91 Å². The minimum atomic E-state index is -0.247. The summed E-state index contributed by atoms with van der Waals surface area (Å²) in [6.07, 6.45) is 1.59. The number of hydrogen-bond donors (Lipinski definition) is 2. The van der Waals surface area contributed by atoms with Crippen LogP contribution in [0.2, 0.25) is 0 Å². The molecule has 5 heteroatoms. The highest BCUT2D eigenvalue weighted by atomic mass is 79.9. The third-order valence-corrected chi connectivity index (χ3v) is 3.41. The molecule has 1 aromatic heterocycles. The van der Waals surface area contributed by atoms with Gasteiger partial charge in [-0.1, -0.05) is 0 Å². The highest BCUT2D eigenvalue weighted by molar-refractivity contribution is 9.10. The lowest BCUT2D eigenvalue weighted by Crippen LogP contribution is -2.16. The number of carbonyl (C=O) groups excluding carboxylic acids is 1. The van der Waals surface area contributed by atoms with Gasteiger partial charge >= 0.3 is 0 Å². The number of nitrogens with zero attached hydrogens (tertiary/aromatic N) is 1. The number of anilines is 2. The molecule has 2 rings (SSSR count). The number of benzene rings is 1. The zero-order valence-electron chi connectivity index (χ0n) is 10.7. The molecule has 4 nitrogen and oxygen atoms in total. The molecular weight excluding hydrogens is 306 g/mol. The topological polar surface area (TPSA) is 68.0 Å². The number of amides is 1. The highest BCUT2D eigenvalue weighted by Crippen LogP contribution is 2.24. The molecule has 3 N–H and O–H groups in total. The van der Waals surface area contributed by atoms with Crippen molar-refractivity contribution >= 4 is 33.2 Å². The lowest BCUT2D eigenvalue weighted by Gasteiger charge is -2.12. The number of aryl methyl sites for hydroxylation is 2. The molecule has 0 unspecified atom stereocenters. The van der Waals surface area contributed by atoms with E-state index < -0.39 is 0 Å². The molecule has 0 atom stereocenters. The van der Waals surface area contributed by atoms with Crippen molar-refractivity contribution in [3.63, 3.8) is 0 Å². The van der Waals surface area contributed by atoms with Gasteiger partial charge in [-0.05, 0) is 65.2 Å². The zero-order valence-corrected chi connectivity index (χ0v) is 12.3. The molecule has 19 heavy (non-hydrogen) atoms. The van der Waals surface area contributed by atoms with E-state index in [-0.39, 0.29) is 5.91 Å². The molecular formula is C14H14BrN3O. The fourth-order valence-corrected chi connectivity index (χ4v) is 2.35. The third-order valence-electron chi connectivity index (χ3n) is 2.77. The molecule has 0 saturated heterocycles. The molecule has 0 fully saturated rings. The molecule has 0 aliphatic heterocycles. The Labute approximate surface area is 120 Å². The second-order valence-electron chi connectivity index (χ2n) is 4.32. The van der Waals surface area contributed by atoms with Gasteiger partial charge in [-0.2, -0.15) is 0 Å². The van der Waals surface area contributed by atoms with Gasteiger partial charge in [-0.15, -0.1) is 0 Å². The van der Waals surface area contributed by atoms with E-state index >= 15 is 0 Å². The Morgan fingerprint density at radius 1 is 1.32 bits per heavy atom. The van der Waals surface area contributed by atoms with Crippen LogP contribution in [0.3, 0.4) is 0 Å². The van der Waals surface area contributed by atoms with Crippen LogP contribution in [0, 0.1) is 13.8 Å². The first-order chi connectivity index (χ1) is 8.99. The first-order valence-electron chi connectivity index (χ1n) is 5.77. The first-order valence-corrected chi connectivity index (χ1v) is 6.57. The minimum absolute atomic E-state index is 0.247. The predicted octanol–water partition coefficient (Wildman–Crippen LogP) is 3.30. The number of nitrogens with one attached hydrogen (secondary N) is 1. The van der Waals surface area contributed by atoms with Crippen LogP contribution in [-0.2, 0) is 0 Å². The van der Waals surface area contributed by atoms with Gasteiger partial charge in [0, 0.05) is 22.0 Å². The van der Waals surface area contributed by atoms with Crippen LogP contribution < -0.4 is 11.1 Å². The monoisotopic (exact) mass is 319 g/mol. The van der Waals surface area contributed by atoms with Crippen LogP contribution in [0.25, 0.3) is 0 Å². The lowest BCUT2D eigenvalue weighted by atomic mass is 10.1. The summed E-state index contributed by atoms with van der Waals surface area (Å²) < 4.78 is 0.665. The number of nitrogen functional groups attached to an aromatic ring is 1. The van der Waals surface area contributed by atoms with Gasteiger partial charge < -0.3 is 11.1 Å². The lowest BCUT2D eigenvalue weighted by molar-refractivity contribution is 0.102. The molecule has 2 aromatic rings. The molecule has 1 heterocycles. The smallest absolute Gasteiger partial charge is 0.275 e. The number of halogens is 1. The molecule has 0 spiro atoms. The molecule has 1 amide bonds. The number of aromatic nitrogens is 1. The Morgan fingerprint density at radius 2 is 1.95 bits per heavy atom. The Kier molecular flexibility index (Phi) is 3.85. The van der Waals surface area contributed by atoms with Crippen LogP contribution in [0.1, 0.15) is 21.6 Å². The summed E-state index contributed by atoms with van der Waals surface area (Å²) in [6, 6.07) is 7.21.